The van der Waals surface area contributed by atoms with Crippen LogP contribution in [0.1, 0.15) is 20.3 Å². The van der Waals surface area contributed by atoms with Crippen molar-refractivity contribution in [3.05, 3.63) is 0 Å². The van der Waals surface area contributed by atoms with E-state index in [-0.39, 0.29) is 12.6 Å². The van der Waals surface area contributed by atoms with Crippen LogP contribution >= 0.6 is 0 Å². The summed E-state index contributed by atoms with van der Waals surface area (Å²) in [6.45, 7) is 3.13. The van der Waals surface area contributed by atoms with Crippen molar-refractivity contribution in [2.75, 3.05) is 6.54 Å². The van der Waals surface area contributed by atoms with Crippen LogP contribution in [0, 0.1) is 0 Å². The van der Waals surface area contributed by atoms with Crippen LogP contribution in [0.5, 0.6) is 0 Å². The van der Waals surface area contributed by atoms with Crippen LogP contribution in [-0.2, 0) is 9.59 Å². The molecule has 4 nitrogen and oxygen atoms in total. The third-order valence-corrected chi connectivity index (χ3v) is 2.29. The first-order chi connectivity index (χ1) is 7.20. The first-order valence-corrected chi connectivity index (χ1v) is 4.87. The van der Waals surface area contributed by atoms with Gasteiger partial charge in [-0.1, -0.05) is 0 Å². The predicted octanol–water partition coefficient (Wildman–Crippen LogP) is 0.674. The lowest BCUT2D eigenvalue weighted by atomic mass is 10.1. The van der Waals surface area contributed by atoms with Gasteiger partial charge in [0.2, 0.25) is 11.8 Å². The van der Waals surface area contributed by atoms with E-state index < -0.39 is 30.5 Å². The van der Waals surface area contributed by atoms with Gasteiger partial charge >= 0.3 is 6.18 Å². The average Bonchev–Trinajstić information content (AvgIpc) is 2.07. The molecule has 1 heterocycles. The first-order valence-electron chi connectivity index (χ1n) is 4.87. The number of rotatable bonds is 2. The minimum Gasteiger partial charge on any atom is -0.342 e. The standard InChI is InChI=1S/C9H13F3N2O2/c1-5(2)14-4-7(15)13-6(8(14)16)3-9(10,11)12/h5-6H,3-4H2,1-2H3,(H,13,15). The molecule has 1 aliphatic heterocycles. The Balaban J connectivity index is 2.77. The summed E-state index contributed by atoms with van der Waals surface area (Å²) in [4.78, 5) is 23.9. The highest BCUT2D eigenvalue weighted by Crippen LogP contribution is 2.23. The molecule has 0 saturated carbocycles. The Morgan fingerprint density at radius 3 is 2.44 bits per heavy atom. The summed E-state index contributed by atoms with van der Waals surface area (Å²) in [6.07, 6.45) is -5.78. The summed E-state index contributed by atoms with van der Waals surface area (Å²) in [5.41, 5.74) is 0. The first kappa shape index (κ1) is 12.8. The van der Waals surface area contributed by atoms with E-state index in [1.54, 1.807) is 13.8 Å². The molecule has 0 aromatic rings. The molecule has 0 aromatic heterocycles. The van der Waals surface area contributed by atoms with Gasteiger partial charge in [0.05, 0.1) is 13.0 Å². The molecule has 1 atom stereocenters. The van der Waals surface area contributed by atoms with Gasteiger partial charge in [-0.3, -0.25) is 9.59 Å². The number of piperazine rings is 1. The van der Waals surface area contributed by atoms with Crippen molar-refractivity contribution in [2.24, 2.45) is 0 Å². The highest BCUT2D eigenvalue weighted by molar-refractivity contribution is 5.95. The number of amides is 2. The molecule has 0 bridgehead atoms. The Kier molecular flexibility index (Phi) is 3.44. The number of carbonyl (C=O) groups is 2. The quantitative estimate of drug-likeness (QED) is 0.768. The van der Waals surface area contributed by atoms with Crippen LogP contribution in [0.2, 0.25) is 0 Å². The molecule has 1 fully saturated rings. The van der Waals surface area contributed by atoms with Crippen LogP contribution in [0.25, 0.3) is 0 Å². The van der Waals surface area contributed by atoms with E-state index >= 15 is 0 Å². The fraction of sp³-hybridized carbons (Fsp3) is 0.778. The summed E-state index contributed by atoms with van der Waals surface area (Å²) < 4.78 is 36.4. The maximum Gasteiger partial charge on any atom is 0.391 e. The Hall–Kier alpha value is -1.27. The molecule has 1 aliphatic rings. The molecule has 7 heteroatoms. The van der Waals surface area contributed by atoms with Gasteiger partial charge in [0.15, 0.2) is 0 Å². The molecule has 16 heavy (non-hydrogen) atoms. The number of carbonyl (C=O) groups excluding carboxylic acids is 2. The van der Waals surface area contributed by atoms with Gasteiger partial charge in [-0.2, -0.15) is 13.2 Å². The van der Waals surface area contributed by atoms with Crippen molar-refractivity contribution in [3.63, 3.8) is 0 Å². The smallest absolute Gasteiger partial charge is 0.342 e. The van der Waals surface area contributed by atoms with Gasteiger partial charge in [-0.05, 0) is 13.8 Å². The van der Waals surface area contributed by atoms with Gasteiger partial charge in [-0.25, -0.2) is 0 Å². The Bertz CT molecular complexity index is 302. The van der Waals surface area contributed by atoms with Crippen LogP contribution < -0.4 is 5.32 Å². The van der Waals surface area contributed by atoms with E-state index in [2.05, 4.69) is 5.32 Å². The second kappa shape index (κ2) is 4.31. The fourth-order valence-electron chi connectivity index (χ4n) is 1.54. The maximum atomic E-state index is 12.1. The number of hydrogen-bond donors (Lipinski definition) is 1. The molecule has 2 amide bonds. The zero-order valence-corrected chi connectivity index (χ0v) is 8.97. The summed E-state index contributed by atoms with van der Waals surface area (Å²) in [7, 11) is 0. The van der Waals surface area contributed by atoms with E-state index in [1.807, 2.05) is 0 Å². The van der Waals surface area contributed by atoms with E-state index in [0.29, 0.717) is 0 Å². The Morgan fingerprint density at radius 2 is 2.00 bits per heavy atom. The number of nitrogens with one attached hydrogen (secondary N) is 1. The number of hydrogen-bond acceptors (Lipinski definition) is 2. The van der Waals surface area contributed by atoms with Gasteiger partial charge in [0.25, 0.3) is 0 Å². The van der Waals surface area contributed by atoms with Crippen LogP contribution in [-0.4, -0.2) is 41.5 Å². The van der Waals surface area contributed by atoms with Crippen molar-refractivity contribution in [1.29, 1.82) is 0 Å². The lowest BCUT2D eigenvalue weighted by Crippen LogP contribution is -2.60. The van der Waals surface area contributed by atoms with Gasteiger partial charge < -0.3 is 10.2 Å². The van der Waals surface area contributed by atoms with Crippen LogP contribution in [0.15, 0.2) is 0 Å². The second-order valence-corrected chi connectivity index (χ2v) is 4.00. The van der Waals surface area contributed by atoms with Gasteiger partial charge in [0, 0.05) is 6.04 Å². The number of alkyl halides is 3. The van der Waals surface area contributed by atoms with Crippen molar-refractivity contribution in [2.45, 2.75) is 38.5 Å². The molecule has 0 aliphatic carbocycles. The minimum atomic E-state index is -4.46. The molecule has 0 radical (unpaired) electrons. The topological polar surface area (TPSA) is 49.4 Å². The predicted molar refractivity (Wildman–Crippen MR) is 49.5 cm³/mol. The minimum absolute atomic E-state index is 0.176. The summed E-state index contributed by atoms with van der Waals surface area (Å²) in [5, 5.41) is 2.06. The largest absolute Gasteiger partial charge is 0.391 e. The highest BCUT2D eigenvalue weighted by Gasteiger charge is 2.41. The molecule has 0 aromatic carbocycles. The summed E-state index contributed by atoms with van der Waals surface area (Å²) in [6, 6.07) is -1.77. The number of nitrogens with zero attached hydrogens (tertiary/aromatic N) is 1. The van der Waals surface area contributed by atoms with Crippen LogP contribution in [0.4, 0.5) is 13.2 Å². The van der Waals surface area contributed by atoms with Crippen molar-refractivity contribution in [1.82, 2.24) is 10.2 Å². The molecule has 0 spiro atoms. The van der Waals surface area contributed by atoms with Gasteiger partial charge in [-0.15, -0.1) is 0 Å². The fourth-order valence-corrected chi connectivity index (χ4v) is 1.54. The highest BCUT2D eigenvalue weighted by atomic mass is 19.4. The van der Waals surface area contributed by atoms with Gasteiger partial charge in [0.1, 0.15) is 6.04 Å². The Labute approximate surface area is 90.8 Å². The van der Waals surface area contributed by atoms with Crippen molar-refractivity contribution < 1.29 is 22.8 Å². The lowest BCUT2D eigenvalue weighted by molar-refractivity contribution is -0.162. The molecule has 92 valence electrons. The monoisotopic (exact) mass is 238 g/mol. The third-order valence-electron chi connectivity index (χ3n) is 2.29. The normalized spacial score (nSPS) is 22.6. The van der Waals surface area contributed by atoms with E-state index in [0.717, 1.165) is 4.90 Å². The average molecular weight is 238 g/mol. The zero-order valence-electron chi connectivity index (χ0n) is 8.97. The zero-order chi connectivity index (χ0) is 12.5. The molecular formula is C9H13F3N2O2. The lowest BCUT2D eigenvalue weighted by Gasteiger charge is -2.35. The maximum absolute atomic E-state index is 12.1. The van der Waals surface area contributed by atoms with E-state index in [9.17, 15) is 22.8 Å². The summed E-state index contributed by atoms with van der Waals surface area (Å²) in [5.74, 6) is -1.23. The van der Waals surface area contributed by atoms with Crippen molar-refractivity contribution in [3.8, 4) is 0 Å². The van der Waals surface area contributed by atoms with E-state index in [1.165, 1.54) is 0 Å². The molecule has 1 rings (SSSR count). The van der Waals surface area contributed by atoms with E-state index in [4.69, 9.17) is 0 Å². The van der Waals surface area contributed by atoms with Crippen LogP contribution in [0.3, 0.4) is 0 Å². The molecular weight excluding hydrogens is 225 g/mol. The Morgan fingerprint density at radius 1 is 1.44 bits per heavy atom. The van der Waals surface area contributed by atoms with Crippen molar-refractivity contribution >= 4 is 11.8 Å². The molecule has 1 N–H and O–H groups in total. The SMILES string of the molecule is CC(C)N1CC(=O)NC(CC(F)(F)F)C1=O. The molecule has 1 unspecified atom stereocenters. The third kappa shape index (κ3) is 3.11. The molecule has 1 saturated heterocycles. The summed E-state index contributed by atoms with van der Waals surface area (Å²) >= 11 is 0. The second-order valence-electron chi connectivity index (χ2n) is 4.00. The number of halogens is 3.